The Morgan fingerprint density at radius 2 is 0.985 bits per heavy atom. The summed E-state index contributed by atoms with van der Waals surface area (Å²) in [5, 5.41) is 58.5. The van der Waals surface area contributed by atoms with E-state index in [4.69, 9.17) is 80.5 Å². The van der Waals surface area contributed by atoms with Crippen LogP contribution in [0.2, 0.25) is 0 Å². The molecule has 3 aliphatic heterocycles. The van der Waals surface area contributed by atoms with Gasteiger partial charge in [0, 0.05) is 42.7 Å². The van der Waals surface area contributed by atoms with Crippen molar-refractivity contribution in [3.8, 4) is 40.2 Å². The summed E-state index contributed by atoms with van der Waals surface area (Å²) < 4.78 is 94.6. The smallest absolute Gasteiger partial charge is 0.497 e. The molecule has 1 saturated heterocycles. The average molecular weight is 1880 g/mol. The maximum absolute atomic E-state index is 15.0. The summed E-state index contributed by atoms with van der Waals surface area (Å²) in [5.74, 6) is -4.26. The fraction of sp³-hybridized carbons (Fsp3) is 0.351. The SMILES string of the molecule is C=CCOC(=O)NC(C(=O)NC(C)C(=O)Nc1ccc(COC(=O)Nc2cc(OCCCCCOc3cc(NC(=O)OCc4ccc(O[C@H]5O[C@](CC=C)(C(=O)O)[C@@H](OC(=O)OCC=C)[C@H](OC(=O)OCC=C)[C@H]5OC(=O)OCC=C)c([N+](=O)[O-])c4)c(C(=O)N4C=C(c5ccc(OC)cc5)CC4CO)cc3OC)c(OC)cc2C(=O)N2C=C(c3ccc(OC)cc3)CC2CO)cc1)C(C)C. The molecule has 41 heteroatoms. The predicted octanol–water partition coefficient (Wildman–Crippen LogP) is 12.9. The largest absolute Gasteiger partial charge is 0.509 e. The zero-order chi connectivity index (χ0) is 98.0. The first-order valence-corrected chi connectivity index (χ1v) is 42.1. The molecule has 1 fully saturated rings. The van der Waals surface area contributed by atoms with E-state index in [1.165, 1.54) is 81.6 Å². The number of benzene rings is 6. The maximum atomic E-state index is 15.0. The number of carboxylic acids is 1. The Hall–Kier alpha value is -15.7. The number of methoxy groups -OCH3 is 4. The molecule has 7 amide bonds. The van der Waals surface area contributed by atoms with Crippen LogP contribution in [0.15, 0.2) is 191 Å². The van der Waals surface area contributed by atoms with E-state index in [0.29, 0.717) is 53.1 Å². The van der Waals surface area contributed by atoms with Crippen LogP contribution in [0.5, 0.6) is 40.2 Å². The molecule has 9 atom stereocenters. The number of rotatable bonds is 47. The molecule has 3 heterocycles. The molecule has 0 bridgehead atoms. The number of nitrogens with one attached hydrogen (secondary N) is 5. The number of hydrogen-bond acceptors (Lipinski definition) is 32. The number of aliphatic hydroxyl groups excluding tert-OH is 2. The van der Waals surface area contributed by atoms with E-state index >= 15 is 4.79 Å². The average Bonchev–Trinajstić information content (AvgIpc) is 1.04. The number of amides is 7. The number of unbranched alkanes of at least 4 members (excludes halogenated alkanes) is 2. The molecular weight excluding hydrogens is 1770 g/mol. The highest BCUT2D eigenvalue weighted by Gasteiger charge is 2.65. The Kier molecular flexibility index (Phi) is 38.3. The number of nitro groups is 1. The van der Waals surface area contributed by atoms with Crippen LogP contribution < -0.4 is 59.7 Å². The van der Waals surface area contributed by atoms with E-state index in [-0.39, 0.29) is 96.3 Å². The van der Waals surface area contributed by atoms with Crippen molar-refractivity contribution in [2.75, 3.05) is 97.2 Å². The minimum absolute atomic E-state index is 0.00549. The minimum atomic E-state index is -2.91. The molecule has 0 aliphatic carbocycles. The molecule has 720 valence electrons. The van der Waals surface area contributed by atoms with Gasteiger partial charge in [-0.1, -0.05) is 113 Å². The minimum Gasteiger partial charge on any atom is -0.497 e. The fourth-order valence-corrected chi connectivity index (χ4v) is 14.0. The number of nitro benzene ring substituents is 1. The second-order valence-electron chi connectivity index (χ2n) is 30.3. The van der Waals surface area contributed by atoms with Gasteiger partial charge in [0.2, 0.25) is 29.8 Å². The highest BCUT2D eigenvalue weighted by atomic mass is 16.8. The van der Waals surface area contributed by atoms with Gasteiger partial charge in [-0.25, -0.2) is 33.6 Å². The van der Waals surface area contributed by atoms with Crippen molar-refractivity contribution in [3.63, 3.8) is 0 Å². The second kappa shape index (κ2) is 50.1. The van der Waals surface area contributed by atoms with Crippen LogP contribution in [-0.4, -0.2) is 232 Å². The summed E-state index contributed by atoms with van der Waals surface area (Å²) in [5.41, 5.74) is -0.837. The summed E-state index contributed by atoms with van der Waals surface area (Å²) in [7, 11) is 5.69. The number of ether oxygens (including phenoxy) is 17. The monoisotopic (exact) mass is 1870 g/mol. The van der Waals surface area contributed by atoms with E-state index in [2.05, 4.69) is 59.5 Å². The van der Waals surface area contributed by atoms with Crippen molar-refractivity contribution < 1.29 is 154 Å². The lowest BCUT2D eigenvalue weighted by molar-refractivity contribution is -0.387. The molecule has 0 spiro atoms. The van der Waals surface area contributed by atoms with Crippen molar-refractivity contribution in [1.82, 2.24) is 20.4 Å². The van der Waals surface area contributed by atoms with E-state index in [1.54, 1.807) is 86.9 Å². The first-order valence-electron chi connectivity index (χ1n) is 42.1. The van der Waals surface area contributed by atoms with Crippen LogP contribution in [0.1, 0.15) is 102 Å². The zero-order valence-electron chi connectivity index (χ0n) is 75.0. The van der Waals surface area contributed by atoms with Gasteiger partial charge in [0.05, 0.1) is 94.4 Å². The third-order valence-corrected chi connectivity index (χ3v) is 20.8. The molecule has 135 heavy (non-hydrogen) atoms. The van der Waals surface area contributed by atoms with Crippen LogP contribution in [-0.2, 0) is 75.0 Å². The highest BCUT2D eigenvalue weighted by molar-refractivity contribution is 6.06. The zero-order valence-corrected chi connectivity index (χ0v) is 75.0. The first-order chi connectivity index (χ1) is 64.9. The summed E-state index contributed by atoms with van der Waals surface area (Å²) in [6, 6.07) is 25.2. The Morgan fingerprint density at radius 3 is 1.43 bits per heavy atom. The standard InChI is InChI=1S/C94H106N8O33/c1-13-35-94(87(109)110)81(134-93(116)128-39-17-5)79(132-91(114)126-37-15-3)80(133-92(115)127-38-16-4)86(135-94)131-73-34-23-58(42-72(73)102(117)118)54-130-89(112)98-71-48-77(75(122-12)46-69(71)85(108)101-50-62(44-65(101)52-104)60-26-32-67(120-10)33-27-60)124-41-20-18-19-40-123-76-47-70(68(45-74(76)121-11)84(107)100-49-61(43-64(100)51-103)59-24-30-66(119-9)31-25-59)97-88(111)129-53-57-21-28-63(29-22-57)96-82(105)56(8)95-83(106)78(55(6)7)99-90(113)125-36-14-2/h13-17,21-34,42,45-50,55-56,64-65,78-81,86,103-104H,1-5,18-20,35-41,43-44,51-54H2,6-12H3,(H,95,106)(H,96,105)(H,97,111)(H,98,112)(H,99,113)(H,109,110)/t56?,64?,65?,78?,79-,80-,81+,86+,94+/m1/s1. The quantitative estimate of drug-likeness (QED) is 0.00439. The molecule has 6 aromatic carbocycles. The number of carbonyl (C=O) groups is 11. The summed E-state index contributed by atoms with van der Waals surface area (Å²) >= 11 is 0. The van der Waals surface area contributed by atoms with Crippen molar-refractivity contribution in [3.05, 3.63) is 234 Å². The third-order valence-electron chi connectivity index (χ3n) is 20.8. The fourth-order valence-electron chi connectivity index (χ4n) is 14.0. The molecular formula is C94H106N8O33. The summed E-state index contributed by atoms with van der Waals surface area (Å²) in [6.07, 6.45) is -7.36. The van der Waals surface area contributed by atoms with Crippen LogP contribution in [0.4, 0.5) is 51.5 Å². The Bertz CT molecular complexity index is 5350. The van der Waals surface area contributed by atoms with E-state index in [0.717, 1.165) is 47.6 Å². The van der Waals surface area contributed by atoms with Gasteiger partial charge < -0.3 is 122 Å². The topological polar surface area (TPSA) is 515 Å². The summed E-state index contributed by atoms with van der Waals surface area (Å²) in [6.45, 7) is 18.8. The van der Waals surface area contributed by atoms with Crippen molar-refractivity contribution >= 4 is 100 Å². The van der Waals surface area contributed by atoms with Gasteiger partial charge >= 0.3 is 48.4 Å². The first kappa shape index (κ1) is 103. The second-order valence-corrected chi connectivity index (χ2v) is 30.3. The van der Waals surface area contributed by atoms with Crippen LogP contribution in [0.3, 0.4) is 0 Å². The lowest BCUT2D eigenvalue weighted by atomic mass is 9.83. The molecule has 41 nitrogen and oxygen atoms in total. The molecule has 0 aromatic heterocycles. The van der Waals surface area contributed by atoms with Gasteiger partial charge in [0.25, 0.3) is 11.8 Å². The molecule has 0 radical (unpaired) electrons. The van der Waals surface area contributed by atoms with E-state index < -0.39 is 183 Å². The molecule has 4 unspecified atom stereocenters. The molecule has 9 rings (SSSR count). The number of carboxylic acid groups (broad SMARTS) is 1. The molecule has 3 aliphatic rings. The Balaban J connectivity index is 0.927. The van der Waals surface area contributed by atoms with Crippen LogP contribution in [0, 0.1) is 16.0 Å². The van der Waals surface area contributed by atoms with Crippen molar-refractivity contribution in [2.24, 2.45) is 5.92 Å². The van der Waals surface area contributed by atoms with Gasteiger partial charge in [0.15, 0.2) is 41.0 Å². The van der Waals surface area contributed by atoms with Gasteiger partial charge in [-0.15, -0.1) is 6.58 Å². The van der Waals surface area contributed by atoms with E-state index in [1.807, 2.05) is 12.1 Å². The normalized spacial score (nSPS) is 17.3. The molecule has 0 saturated carbocycles. The van der Waals surface area contributed by atoms with Gasteiger partial charge in [0.1, 0.15) is 63.2 Å². The predicted molar refractivity (Wildman–Crippen MR) is 483 cm³/mol. The van der Waals surface area contributed by atoms with Crippen molar-refractivity contribution in [1.29, 1.82) is 0 Å². The van der Waals surface area contributed by atoms with Crippen LogP contribution >= 0.6 is 0 Å². The van der Waals surface area contributed by atoms with Crippen LogP contribution in [0.25, 0.3) is 11.1 Å². The molecule has 8 N–H and O–H groups in total. The highest BCUT2D eigenvalue weighted by Crippen LogP contribution is 2.44. The van der Waals surface area contributed by atoms with Gasteiger partial charge in [-0.05, 0) is 133 Å². The number of aliphatic hydroxyl groups is 2. The van der Waals surface area contributed by atoms with Gasteiger partial charge in [-0.3, -0.25) is 39.9 Å². The Morgan fingerprint density at radius 1 is 0.519 bits per heavy atom. The molecule has 6 aromatic rings. The number of aliphatic carboxylic acids is 1. The summed E-state index contributed by atoms with van der Waals surface area (Å²) in [4.78, 5) is 165. The maximum Gasteiger partial charge on any atom is 0.509 e. The lowest BCUT2D eigenvalue weighted by Gasteiger charge is -2.48. The lowest BCUT2D eigenvalue weighted by Crippen LogP contribution is -2.70. The number of alkyl carbamates (subject to hydrolysis) is 1. The van der Waals surface area contributed by atoms with Crippen molar-refractivity contribution in [2.45, 2.75) is 127 Å². The number of carbonyl (C=O) groups excluding carboxylic acids is 10. The number of hydrogen-bond donors (Lipinski definition) is 8. The number of nitrogens with zero attached hydrogens (tertiary/aromatic N) is 3. The number of anilines is 3. The third kappa shape index (κ3) is 27.7. The van der Waals surface area contributed by atoms with E-state index in [9.17, 15) is 73.4 Å². The van der Waals surface area contributed by atoms with Gasteiger partial charge in [-0.2, -0.15) is 0 Å². The Labute approximate surface area is 775 Å².